The fourth-order valence-electron chi connectivity index (χ4n) is 5.53. The van der Waals surface area contributed by atoms with Crippen LogP contribution in [0.15, 0.2) is 79.0 Å². The van der Waals surface area contributed by atoms with Gasteiger partial charge < -0.3 is 20.1 Å². The predicted octanol–water partition coefficient (Wildman–Crippen LogP) is 6.11. The Balaban J connectivity index is 1.50. The summed E-state index contributed by atoms with van der Waals surface area (Å²) in [5, 5.41) is 7.19. The Bertz CT molecular complexity index is 1460. The van der Waals surface area contributed by atoms with Crippen LogP contribution in [0, 0.1) is 27.7 Å². The minimum absolute atomic E-state index is 0.0371. The average Bonchev–Trinajstić information content (AvgIpc) is 3.35. The number of aromatic nitrogens is 2. The van der Waals surface area contributed by atoms with Gasteiger partial charge in [0.1, 0.15) is 0 Å². The molecule has 7 heteroatoms. The summed E-state index contributed by atoms with van der Waals surface area (Å²) in [6.45, 7) is 9.01. The van der Waals surface area contributed by atoms with Gasteiger partial charge in [0.25, 0.3) is 0 Å². The Morgan fingerprint density at radius 3 is 2.45 bits per heavy atom. The van der Waals surface area contributed by atoms with E-state index in [4.69, 9.17) is 12.2 Å². The molecule has 3 heterocycles. The molecule has 1 fully saturated rings. The fraction of sp³-hybridized carbons (Fsp3) is 0.258. The number of pyridine rings is 1. The number of nitrogens with zero attached hydrogens (tertiary/aromatic N) is 3. The molecule has 5 rings (SSSR count). The molecular weight excluding hydrogens is 490 g/mol. The lowest BCUT2D eigenvalue weighted by molar-refractivity contribution is -0.116. The van der Waals surface area contributed by atoms with Crippen LogP contribution >= 0.6 is 12.2 Å². The van der Waals surface area contributed by atoms with Gasteiger partial charge in [-0.1, -0.05) is 36.4 Å². The Morgan fingerprint density at radius 2 is 1.74 bits per heavy atom. The first-order valence-corrected chi connectivity index (χ1v) is 13.3. The van der Waals surface area contributed by atoms with Gasteiger partial charge in [0.05, 0.1) is 17.8 Å². The quantitative estimate of drug-likeness (QED) is 0.286. The number of carbonyl (C=O) groups excluding carboxylic acids is 1. The highest BCUT2D eigenvalue weighted by molar-refractivity contribution is 7.80. The van der Waals surface area contributed by atoms with Crippen molar-refractivity contribution < 1.29 is 4.79 Å². The first-order valence-electron chi connectivity index (χ1n) is 12.9. The highest BCUT2D eigenvalue weighted by Gasteiger charge is 2.42. The molecule has 0 radical (unpaired) electrons. The van der Waals surface area contributed by atoms with E-state index in [-0.39, 0.29) is 18.0 Å². The van der Waals surface area contributed by atoms with Crippen LogP contribution < -0.4 is 10.6 Å². The molecule has 1 saturated heterocycles. The van der Waals surface area contributed by atoms with Gasteiger partial charge >= 0.3 is 0 Å². The molecule has 194 valence electrons. The topological polar surface area (TPSA) is 62.2 Å². The van der Waals surface area contributed by atoms with E-state index in [0.29, 0.717) is 18.1 Å². The maximum atomic E-state index is 12.9. The number of rotatable bonds is 7. The van der Waals surface area contributed by atoms with Gasteiger partial charge in [-0.05, 0) is 87.4 Å². The van der Waals surface area contributed by atoms with Crippen molar-refractivity contribution in [3.05, 3.63) is 113 Å². The zero-order valence-electron chi connectivity index (χ0n) is 22.2. The summed E-state index contributed by atoms with van der Waals surface area (Å²) in [4.78, 5) is 19.8. The largest absolute Gasteiger partial charge is 0.352 e. The van der Waals surface area contributed by atoms with Gasteiger partial charge in [0, 0.05) is 47.5 Å². The molecule has 1 amide bonds. The molecule has 6 nitrogen and oxygen atoms in total. The summed E-state index contributed by atoms with van der Waals surface area (Å²) in [5.41, 5.74) is 8.76. The van der Waals surface area contributed by atoms with Gasteiger partial charge in [-0.3, -0.25) is 9.78 Å². The van der Waals surface area contributed by atoms with Crippen LogP contribution in [-0.4, -0.2) is 32.0 Å². The lowest BCUT2D eigenvalue weighted by Gasteiger charge is -2.29. The van der Waals surface area contributed by atoms with Crippen LogP contribution in [0.2, 0.25) is 0 Å². The number of hydrogen-bond donors (Lipinski definition) is 2. The molecule has 0 spiro atoms. The van der Waals surface area contributed by atoms with E-state index >= 15 is 0 Å². The summed E-state index contributed by atoms with van der Waals surface area (Å²) >= 11 is 5.86. The molecule has 2 aromatic carbocycles. The Morgan fingerprint density at radius 1 is 0.974 bits per heavy atom. The molecule has 1 aliphatic rings. The highest BCUT2D eigenvalue weighted by atomic mass is 32.1. The third-order valence-electron chi connectivity index (χ3n) is 7.40. The minimum atomic E-state index is -0.132. The van der Waals surface area contributed by atoms with Gasteiger partial charge in [0.15, 0.2) is 5.11 Å². The van der Waals surface area contributed by atoms with E-state index in [1.807, 2.05) is 61.7 Å². The van der Waals surface area contributed by atoms with Crippen molar-refractivity contribution in [3.63, 3.8) is 0 Å². The molecule has 2 N–H and O–H groups in total. The van der Waals surface area contributed by atoms with Crippen molar-refractivity contribution in [2.75, 3.05) is 11.9 Å². The van der Waals surface area contributed by atoms with Crippen molar-refractivity contribution in [1.82, 2.24) is 19.8 Å². The molecule has 2 aromatic heterocycles. The Labute approximate surface area is 229 Å². The number of nitrogens with one attached hydrogen (secondary N) is 2. The summed E-state index contributed by atoms with van der Waals surface area (Å²) in [6, 6.07) is 24.0. The van der Waals surface area contributed by atoms with Crippen molar-refractivity contribution in [3.8, 4) is 5.69 Å². The minimum Gasteiger partial charge on any atom is -0.352 e. The lowest BCUT2D eigenvalue weighted by Crippen LogP contribution is -2.33. The molecule has 0 unspecified atom stereocenters. The van der Waals surface area contributed by atoms with E-state index in [2.05, 4.69) is 70.1 Å². The van der Waals surface area contributed by atoms with Crippen molar-refractivity contribution in [2.45, 2.75) is 46.2 Å². The maximum absolute atomic E-state index is 12.9. The van der Waals surface area contributed by atoms with E-state index < -0.39 is 0 Å². The summed E-state index contributed by atoms with van der Waals surface area (Å²) in [7, 11) is 0. The van der Waals surface area contributed by atoms with Gasteiger partial charge in [0.2, 0.25) is 5.91 Å². The molecular formula is C31H33N5OS. The number of benzene rings is 2. The number of thiocarbonyl (C=S) groups is 1. The van der Waals surface area contributed by atoms with Crippen molar-refractivity contribution in [1.29, 1.82) is 0 Å². The van der Waals surface area contributed by atoms with Crippen LogP contribution in [0.5, 0.6) is 0 Å². The number of para-hydroxylation sites is 1. The zero-order chi connectivity index (χ0) is 26.8. The lowest BCUT2D eigenvalue weighted by atomic mass is 9.93. The molecule has 0 bridgehead atoms. The maximum Gasteiger partial charge on any atom is 0.226 e. The summed E-state index contributed by atoms with van der Waals surface area (Å²) < 4.78 is 2.31. The second-order valence-electron chi connectivity index (χ2n) is 9.87. The van der Waals surface area contributed by atoms with E-state index in [1.165, 1.54) is 16.8 Å². The second kappa shape index (κ2) is 10.8. The third-order valence-corrected chi connectivity index (χ3v) is 7.75. The predicted molar refractivity (Wildman–Crippen MR) is 157 cm³/mol. The molecule has 0 saturated carbocycles. The van der Waals surface area contributed by atoms with Gasteiger partial charge in [-0.25, -0.2) is 0 Å². The van der Waals surface area contributed by atoms with Crippen LogP contribution in [0.3, 0.4) is 0 Å². The van der Waals surface area contributed by atoms with Crippen LogP contribution in [0.1, 0.15) is 52.3 Å². The monoisotopic (exact) mass is 523 g/mol. The third kappa shape index (κ3) is 4.94. The number of carbonyl (C=O) groups is 1. The first-order chi connectivity index (χ1) is 18.3. The normalized spacial score (nSPS) is 16.9. The van der Waals surface area contributed by atoms with E-state index in [0.717, 1.165) is 28.3 Å². The average molecular weight is 524 g/mol. The Kier molecular flexibility index (Phi) is 7.29. The van der Waals surface area contributed by atoms with E-state index in [1.54, 1.807) is 0 Å². The molecule has 2 atom stereocenters. The highest BCUT2D eigenvalue weighted by Crippen LogP contribution is 2.43. The fourth-order valence-corrected chi connectivity index (χ4v) is 5.87. The Hall–Kier alpha value is -3.97. The smallest absolute Gasteiger partial charge is 0.226 e. The van der Waals surface area contributed by atoms with Gasteiger partial charge in [-0.2, -0.15) is 0 Å². The van der Waals surface area contributed by atoms with E-state index in [9.17, 15) is 4.79 Å². The van der Waals surface area contributed by atoms with Crippen LogP contribution in [-0.2, 0) is 4.79 Å². The molecule has 1 aliphatic heterocycles. The number of amides is 1. The summed E-state index contributed by atoms with van der Waals surface area (Å²) in [6.07, 6.45) is 2.13. The van der Waals surface area contributed by atoms with Crippen LogP contribution in [0.4, 0.5) is 5.69 Å². The zero-order valence-corrected chi connectivity index (χ0v) is 23.0. The van der Waals surface area contributed by atoms with Gasteiger partial charge in [-0.15, -0.1) is 0 Å². The molecule has 38 heavy (non-hydrogen) atoms. The number of aryl methyl sites for hydroxylation is 1. The van der Waals surface area contributed by atoms with Crippen LogP contribution in [0.25, 0.3) is 5.69 Å². The SMILES string of the molecule is Cc1cccc(NC(=O)CCN2C(=S)N[C@H](c3ccccn3)[C@@H]2c2c(C)c(C)n(-c3ccccc3)c2C)c1. The first kappa shape index (κ1) is 25.7. The van der Waals surface area contributed by atoms with Crippen molar-refractivity contribution in [2.24, 2.45) is 0 Å². The standard InChI is InChI=1S/C31H33N5OS/c1-20-11-10-12-24(19-20)33-27(37)16-18-35-30(29(34-31(35)38)26-15-8-9-17-32-26)28-21(2)22(3)36(23(28)4)25-13-6-5-7-14-25/h5-15,17,19,29-30H,16,18H2,1-4H3,(H,33,37)(H,34,38)/t29-,30+/m1/s1. The summed E-state index contributed by atoms with van der Waals surface area (Å²) in [5.74, 6) is -0.0371. The molecule has 4 aromatic rings. The van der Waals surface area contributed by atoms with Crippen molar-refractivity contribution >= 4 is 28.9 Å². The second-order valence-corrected chi connectivity index (χ2v) is 10.3. The molecule has 0 aliphatic carbocycles. The number of anilines is 1. The number of hydrogen-bond acceptors (Lipinski definition) is 3.